The lowest BCUT2D eigenvalue weighted by Gasteiger charge is -2.39. The second-order valence-corrected chi connectivity index (χ2v) is 11.8. The van der Waals surface area contributed by atoms with Crippen LogP contribution in [0.25, 0.3) is 0 Å². The summed E-state index contributed by atoms with van der Waals surface area (Å²) in [7, 11) is 0. The number of esters is 1. The molecule has 1 aliphatic heterocycles. The smallest absolute Gasteiger partial charge is 0.308 e. The lowest BCUT2D eigenvalue weighted by molar-refractivity contribution is -0.151. The van der Waals surface area contributed by atoms with Gasteiger partial charge in [0, 0.05) is 12.0 Å². The molecule has 5 aliphatic rings. The minimum atomic E-state index is 0.0487. The summed E-state index contributed by atoms with van der Waals surface area (Å²) in [6.07, 6.45) is 16.4. The van der Waals surface area contributed by atoms with Crippen molar-refractivity contribution in [3.05, 3.63) is 0 Å². The molecule has 1 saturated heterocycles. The first-order valence-corrected chi connectivity index (χ1v) is 13.8. The van der Waals surface area contributed by atoms with E-state index in [1.54, 1.807) is 0 Å². The lowest BCUT2D eigenvalue weighted by Crippen LogP contribution is -2.46. The van der Waals surface area contributed by atoms with Crippen molar-refractivity contribution in [2.24, 2.45) is 41.4 Å². The molecule has 5 fully saturated rings. The van der Waals surface area contributed by atoms with E-state index in [9.17, 15) is 9.59 Å². The highest BCUT2D eigenvalue weighted by Crippen LogP contribution is 2.50. The first-order valence-electron chi connectivity index (χ1n) is 13.8. The normalized spacial score (nSPS) is 40.2. The Labute approximate surface area is 194 Å². The van der Waals surface area contributed by atoms with Crippen LogP contribution in [0.2, 0.25) is 0 Å². The molecule has 5 rings (SSSR count). The number of rotatable bonds is 6. The third kappa shape index (κ3) is 5.51. The summed E-state index contributed by atoms with van der Waals surface area (Å²) in [5.41, 5.74) is 0. The van der Waals surface area contributed by atoms with Gasteiger partial charge in [0.1, 0.15) is 0 Å². The van der Waals surface area contributed by atoms with Gasteiger partial charge in [-0.1, -0.05) is 19.3 Å². The molecule has 180 valence electrons. The van der Waals surface area contributed by atoms with Crippen molar-refractivity contribution in [1.29, 1.82) is 0 Å². The summed E-state index contributed by atoms with van der Waals surface area (Å²) in [6.45, 7) is 2.96. The molecule has 0 aromatic carbocycles. The number of piperidine rings is 1. The van der Waals surface area contributed by atoms with E-state index in [0.717, 1.165) is 56.9 Å². The standard InChI is InChI=1S/C27H44N2O3/c30-26(29-23-11-10-22-16-28-13-12-21(22)14-23)25-15-24(25)19-6-8-20(9-7-19)27(31)32-17-18-4-2-1-3-5-18/h18-25,28H,1-17H2,(H,29,30). The Kier molecular flexibility index (Phi) is 7.40. The van der Waals surface area contributed by atoms with Crippen LogP contribution in [0.1, 0.15) is 89.9 Å². The van der Waals surface area contributed by atoms with E-state index >= 15 is 0 Å². The summed E-state index contributed by atoms with van der Waals surface area (Å²) in [6, 6.07) is 0.401. The molecule has 5 heteroatoms. The van der Waals surface area contributed by atoms with Gasteiger partial charge in [0.25, 0.3) is 0 Å². The van der Waals surface area contributed by atoms with Crippen molar-refractivity contribution in [3.63, 3.8) is 0 Å². The molecule has 1 amide bonds. The number of hydrogen-bond donors (Lipinski definition) is 2. The Morgan fingerprint density at radius 3 is 2.41 bits per heavy atom. The number of fused-ring (bicyclic) bond motifs is 1. The number of hydrogen-bond acceptors (Lipinski definition) is 4. The number of nitrogens with one attached hydrogen (secondary N) is 2. The molecule has 4 aliphatic carbocycles. The van der Waals surface area contributed by atoms with E-state index in [1.165, 1.54) is 57.9 Å². The fourth-order valence-corrected chi connectivity index (χ4v) is 7.46. The van der Waals surface area contributed by atoms with Crippen LogP contribution in [0.5, 0.6) is 0 Å². The predicted octanol–water partition coefficient (Wildman–Crippen LogP) is 4.45. The van der Waals surface area contributed by atoms with E-state index in [0.29, 0.717) is 36.3 Å². The molecule has 0 aromatic heterocycles. The zero-order valence-corrected chi connectivity index (χ0v) is 19.9. The highest BCUT2D eigenvalue weighted by atomic mass is 16.5. The maximum Gasteiger partial charge on any atom is 0.308 e. The minimum absolute atomic E-state index is 0.0487. The van der Waals surface area contributed by atoms with Crippen molar-refractivity contribution in [3.8, 4) is 0 Å². The van der Waals surface area contributed by atoms with Crippen LogP contribution < -0.4 is 10.6 Å². The summed E-state index contributed by atoms with van der Waals surface area (Å²) in [5.74, 6) is 4.13. The van der Waals surface area contributed by atoms with Crippen molar-refractivity contribution in [1.82, 2.24) is 10.6 Å². The summed E-state index contributed by atoms with van der Waals surface area (Å²) >= 11 is 0. The van der Waals surface area contributed by atoms with Gasteiger partial charge < -0.3 is 15.4 Å². The molecule has 0 spiro atoms. The Hall–Kier alpha value is -1.10. The van der Waals surface area contributed by atoms with Gasteiger partial charge in [0.15, 0.2) is 0 Å². The fourth-order valence-electron chi connectivity index (χ4n) is 7.46. The van der Waals surface area contributed by atoms with Gasteiger partial charge in [0.2, 0.25) is 5.91 Å². The van der Waals surface area contributed by atoms with Gasteiger partial charge in [-0.25, -0.2) is 0 Å². The van der Waals surface area contributed by atoms with Crippen molar-refractivity contribution >= 4 is 11.9 Å². The van der Waals surface area contributed by atoms with Crippen LogP contribution in [-0.2, 0) is 14.3 Å². The molecule has 2 N–H and O–H groups in total. The van der Waals surface area contributed by atoms with Gasteiger partial charge in [-0.3, -0.25) is 9.59 Å². The number of amides is 1. The van der Waals surface area contributed by atoms with E-state index in [4.69, 9.17) is 4.74 Å². The van der Waals surface area contributed by atoms with Gasteiger partial charge in [-0.05, 0) is 113 Å². The number of carbonyl (C=O) groups excluding carboxylic acids is 2. The topological polar surface area (TPSA) is 67.4 Å². The Morgan fingerprint density at radius 1 is 0.812 bits per heavy atom. The summed E-state index contributed by atoms with van der Waals surface area (Å²) in [4.78, 5) is 25.4. The van der Waals surface area contributed by atoms with E-state index < -0.39 is 0 Å². The third-order valence-electron chi connectivity index (χ3n) is 9.66. The Balaban J connectivity index is 0.998. The largest absolute Gasteiger partial charge is 0.465 e. The van der Waals surface area contributed by atoms with Gasteiger partial charge in [0.05, 0.1) is 12.5 Å². The van der Waals surface area contributed by atoms with Crippen molar-refractivity contribution in [2.45, 2.75) is 95.9 Å². The molecule has 5 atom stereocenters. The number of ether oxygens (including phenoxy) is 1. The Bertz CT molecular complexity index is 653. The predicted molar refractivity (Wildman–Crippen MR) is 125 cm³/mol. The third-order valence-corrected chi connectivity index (χ3v) is 9.66. The van der Waals surface area contributed by atoms with Gasteiger partial charge in [-0.2, -0.15) is 0 Å². The second-order valence-electron chi connectivity index (χ2n) is 11.8. The average molecular weight is 445 g/mol. The van der Waals surface area contributed by atoms with E-state index in [2.05, 4.69) is 10.6 Å². The second kappa shape index (κ2) is 10.4. The quantitative estimate of drug-likeness (QED) is 0.594. The first kappa shape index (κ1) is 22.7. The van der Waals surface area contributed by atoms with Crippen molar-refractivity contribution < 1.29 is 14.3 Å². The number of carbonyl (C=O) groups is 2. The van der Waals surface area contributed by atoms with Crippen LogP contribution in [0.4, 0.5) is 0 Å². The van der Waals surface area contributed by atoms with Gasteiger partial charge in [-0.15, -0.1) is 0 Å². The molecular formula is C27H44N2O3. The molecule has 0 bridgehead atoms. The SMILES string of the molecule is O=C(OCC1CCCCC1)C1CCC(C2CC2C(=O)NC2CCC3CNCCC3C2)CC1. The zero-order valence-electron chi connectivity index (χ0n) is 19.9. The molecule has 0 radical (unpaired) electrons. The maximum absolute atomic E-state index is 12.9. The fraction of sp³-hybridized carbons (Fsp3) is 0.926. The summed E-state index contributed by atoms with van der Waals surface area (Å²) in [5, 5.41) is 6.95. The molecule has 5 nitrogen and oxygen atoms in total. The summed E-state index contributed by atoms with van der Waals surface area (Å²) < 4.78 is 5.71. The minimum Gasteiger partial charge on any atom is -0.465 e. The molecular weight excluding hydrogens is 400 g/mol. The van der Waals surface area contributed by atoms with Crippen LogP contribution in [0, 0.1) is 41.4 Å². The molecule has 4 saturated carbocycles. The van der Waals surface area contributed by atoms with E-state index in [-0.39, 0.29) is 17.8 Å². The molecule has 32 heavy (non-hydrogen) atoms. The zero-order chi connectivity index (χ0) is 21.9. The first-order chi connectivity index (χ1) is 15.7. The highest BCUT2D eigenvalue weighted by Gasteiger charge is 2.49. The van der Waals surface area contributed by atoms with Crippen LogP contribution >= 0.6 is 0 Å². The monoisotopic (exact) mass is 444 g/mol. The van der Waals surface area contributed by atoms with Crippen LogP contribution in [0.15, 0.2) is 0 Å². The van der Waals surface area contributed by atoms with Gasteiger partial charge >= 0.3 is 5.97 Å². The lowest BCUT2D eigenvalue weighted by atomic mass is 9.73. The van der Waals surface area contributed by atoms with Crippen molar-refractivity contribution in [2.75, 3.05) is 19.7 Å². The molecule has 5 unspecified atom stereocenters. The average Bonchev–Trinajstić information content (AvgIpc) is 3.64. The molecule has 1 heterocycles. The van der Waals surface area contributed by atoms with Crippen LogP contribution in [0.3, 0.4) is 0 Å². The highest BCUT2D eigenvalue weighted by molar-refractivity contribution is 5.82. The Morgan fingerprint density at radius 2 is 1.59 bits per heavy atom. The van der Waals surface area contributed by atoms with Crippen LogP contribution in [-0.4, -0.2) is 37.6 Å². The van der Waals surface area contributed by atoms with E-state index in [1.807, 2.05) is 0 Å². The molecule has 0 aromatic rings. The maximum atomic E-state index is 12.9.